The van der Waals surface area contributed by atoms with Gasteiger partial charge in [0, 0.05) is 17.8 Å². The van der Waals surface area contributed by atoms with Crippen molar-refractivity contribution in [2.45, 2.75) is 13.3 Å². The molecule has 0 aliphatic carbocycles. The summed E-state index contributed by atoms with van der Waals surface area (Å²) in [4.78, 5) is 32.4. The van der Waals surface area contributed by atoms with E-state index in [1.807, 2.05) is 24.4 Å². The van der Waals surface area contributed by atoms with E-state index in [4.69, 9.17) is 4.74 Å². The van der Waals surface area contributed by atoms with Crippen LogP contribution in [0, 0.1) is 5.82 Å². The zero-order chi connectivity index (χ0) is 21.8. The van der Waals surface area contributed by atoms with Crippen LogP contribution >= 0.6 is 11.3 Å². The van der Waals surface area contributed by atoms with E-state index in [2.05, 4.69) is 20.4 Å². The average molecular weight is 439 g/mol. The predicted octanol–water partition coefficient (Wildman–Crippen LogP) is 3.40. The van der Waals surface area contributed by atoms with E-state index in [9.17, 15) is 14.0 Å². The van der Waals surface area contributed by atoms with E-state index >= 15 is 0 Å². The summed E-state index contributed by atoms with van der Waals surface area (Å²) in [7, 11) is 0. The molecule has 4 aromatic rings. The second-order valence-electron chi connectivity index (χ2n) is 6.49. The summed E-state index contributed by atoms with van der Waals surface area (Å²) < 4.78 is 20.3. The number of nitrogens with zero attached hydrogens (tertiary/aromatic N) is 3. The zero-order valence-corrected chi connectivity index (χ0v) is 17.3. The average Bonchev–Trinajstić information content (AvgIpc) is 3.43. The highest BCUT2D eigenvalue weighted by molar-refractivity contribution is 7.13. The maximum atomic E-state index is 13.7. The number of benzene rings is 1. The van der Waals surface area contributed by atoms with Crippen LogP contribution in [-0.2, 0) is 11.2 Å². The molecule has 0 spiro atoms. The number of aryl methyl sites for hydroxylation is 1. The number of halogens is 1. The summed E-state index contributed by atoms with van der Waals surface area (Å²) in [5.41, 5.74) is 0.868. The van der Waals surface area contributed by atoms with Gasteiger partial charge in [-0.1, -0.05) is 25.1 Å². The summed E-state index contributed by atoms with van der Waals surface area (Å²) in [6.45, 7) is 1.48. The molecule has 3 heterocycles. The summed E-state index contributed by atoms with van der Waals surface area (Å²) >= 11 is 1.48. The monoisotopic (exact) mass is 439 g/mol. The summed E-state index contributed by atoms with van der Waals surface area (Å²) in [6, 6.07) is 12.7. The Hall–Kier alpha value is -3.79. The van der Waals surface area contributed by atoms with Gasteiger partial charge >= 0.3 is 0 Å². The topological polar surface area (TPSA) is 102 Å². The lowest BCUT2D eigenvalue weighted by Gasteiger charge is -2.10. The molecule has 0 unspecified atom stereocenters. The first-order chi connectivity index (χ1) is 15.0. The molecule has 0 saturated carbocycles. The largest absolute Gasteiger partial charge is 0.481 e. The number of thiophene rings is 1. The van der Waals surface area contributed by atoms with Crippen LogP contribution in [0.15, 0.2) is 58.7 Å². The predicted molar refractivity (Wildman–Crippen MR) is 115 cm³/mol. The van der Waals surface area contributed by atoms with Gasteiger partial charge in [-0.3, -0.25) is 14.6 Å². The van der Waals surface area contributed by atoms with E-state index < -0.39 is 18.3 Å². The minimum Gasteiger partial charge on any atom is -0.481 e. The zero-order valence-electron chi connectivity index (χ0n) is 16.5. The van der Waals surface area contributed by atoms with Crippen molar-refractivity contribution in [1.29, 1.82) is 0 Å². The quantitative estimate of drug-likeness (QED) is 0.460. The fourth-order valence-electron chi connectivity index (χ4n) is 2.84. The first kappa shape index (κ1) is 20.5. The fourth-order valence-corrected chi connectivity index (χ4v) is 3.52. The third-order valence-corrected chi connectivity index (χ3v) is 5.18. The molecule has 3 aromatic heterocycles. The molecule has 0 atom stereocenters. The Labute approximate surface area is 180 Å². The molecule has 0 bridgehead atoms. The van der Waals surface area contributed by atoms with Gasteiger partial charge in [0.25, 0.3) is 11.5 Å². The first-order valence-corrected chi connectivity index (χ1v) is 10.3. The summed E-state index contributed by atoms with van der Waals surface area (Å²) in [6.07, 6.45) is 0.564. The Morgan fingerprint density at radius 1 is 1.26 bits per heavy atom. The molecule has 8 nitrogen and oxygen atoms in total. The Bertz CT molecular complexity index is 1270. The number of hydrogen-bond donors (Lipinski definition) is 2. The molecule has 0 aliphatic heterocycles. The molecule has 0 saturated heterocycles. The van der Waals surface area contributed by atoms with Crippen molar-refractivity contribution in [2.75, 3.05) is 11.9 Å². The second-order valence-corrected chi connectivity index (χ2v) is 7.43. The number of hydrogen-bond acceptors (Lipinski definition) is 6. The molecule has 1 aromatic carbocycles. The van der Waals surface area contributed by atoms with E-state index in [-0.39, 0.29) is 17.3 Å². The number of para-hydroxylation sites is 1. The molecule has 0 fully saturated rings. The number of aromatic nitrogens is 4. The number of anilines is 1. The lowest BCUT2D eigenvalue weighted by Crippen LogP contribution is -2.23. The molecule has 0 radical (unpaired) electrons. The van der Waals surface area contributed by atoms with Gasteiger partial charge < -0.3 is 10.1 Å². The van der Waals surface area contributed by atoms with E-state index in [1.54, 1.807) is 12.1 Å². The van der Waals surface area contributed by atoms with Crippen molar-refractivity contribution in [3.05, 3.63) is 75.8 Å². The Balaban J connectivity index is 1.63. The van der Waals surface area contributed by atoms with E-state index in [0.717, 1.165) is 4.88 Å². The smallest absolute Gasteiger partial charge is 0.263 e. The van der Waals surface area contributed by atoms with E-state index in [1.165, 1.54) is 40.3 Å². The van der Waals surface area contributed by atoms with Gasteiger partial charge in [0.05, 0.1) is 4.88 Å². The van der Waals surface area contributed by atoms with Gasteiger partial charge in [-0.25, -0.2) is 9.37 Å². The molecule has 1 amide bonds. The fraction of sp³-hybridized carbons (Fsp3) is 0.143. The third-order valence-electron chi connectivity index (χ3n) is 4.29. The van der Waals surface area contributed by atoms with Crippen LogP contribution in [0.2, 0.25) is 0 Å². The number of carbonyl (C=O) groups excluding carboxylic acids is 1. The maximum Gasteiger partial charge on any atom is 0.263 e. The van der Waals surface area contributed by atoms with Crippen molar-refractivity contribution < 1.29 is 13.9 Å². The van der Waals surface area contributed by atoms with Crippen LogP contribution < -0.4 is 15.6 Å². The van der Waals surface area contributed by atoms with Crippen molar-refractivity contribution in [3.63, 3.8) is 0 Å². The lowest BCUT2D eigenvalue weighted by atomic mass is 10.3. The summed E-state index contributed by atoms with van der Waals surface area (Å²) in [5, 5.41) is 9.11. The van der Waals surface area contributed by atoms with Crippen molar-refractivity contribution in [1.82, 2.24) is 19.7 Å². The highest BCUT2D eigenvalue weighted by Gasteiger charge is 2.17. The van der Waals surface area contributed by atoms with Gasteiger partial charge in [-0.15, -0.1) is 11.3 Å². The summed E-state index contributed by atoms with van der Waals surface area (Å²) in [5.74, 6) is -0.624. The lowest BCUT2D eigenvalue weighted by molar-refractivity contribution is -0.118. The number of ether oxygens (including phenoxy) is 1. The number of H-pyrrole nitrogens is 1. The Kier molecular flexibility index (Phi) is 5.89. The van der Waals surface area contributed by atoms with Crippen LogP contribution in [0.3, 0.4) is 0 Å². The first-order valence-electron chi connectivity index (χ1n) is 9.45. The molecule has 10 heteroatoms. The van der Waals surface area contributed by atoms with Crippen molar-refractivity contribution >= 4 is 23.1 Å². The Morgan fingerprint density at radius 3 is 2.84 bits per heavy atom. The SMILES string of the molecule is CCc1cc(=O)[nH]c(-n2nc(-c3cccs3)cc2NC(=O)COc2ccccc2F)n1. The van der Waals surface area contributed by atoms with Gasteiger partial charge in [0.2, 0.25) is 5.95 Å². The minimum absolute atomic E-state index is 0.0212. The molecule has 4 rings (SSSR count). The van der Waals surface area contributed by atoms with Gasteiger partial charge in [0.1, 0.15) is 11.5 Å². The second kappa shape index (κ2) is 8.92. The van der Waals surface area contributed by atoms with Crippen molar-refractivity contribution in [2.24, 2.45) is 0 Å². The maximum absolute atomic E-state index is 13.7. The molecule has 158 valence electrons. The molecular weight excluding hydrogens is 421 g/mol. The van der Waals surface area contributed by atoms with Crippen LogP contribution in [0.4, 0.5) is 10.2 Å². The highest BCUT2D eigenvalue weighted by Crippen LogP contribution is 2.27. The third kappa shape index (κ3) is 4.69. The highest BCUT2D eigenvalue weighted by atomic mass is 32.1. The number of nitrogens with one attached hydrogen (secondary N) is 2. The van der Waals surface area contributed by atoms with Crippen molar-refractivity contribution in [3.8, 4) is 22.3 Å². The van der Waals surface area contributed by atoms with E-state index in [0.29, 0.717) is 23.6 Å². The number of aromatic amines is 1. The number of carbonyl (C=O) groups is 1. The number of rotatable bonds is 7. The van der Waals surface area contributed by atoms with Gasteiger partial charge in [0.15, 0.2) is 18.2 Å². The Morgan fingerprint density at radius 2 is 2.10 bits per heavy atom. The van der Waals surface area contributed by atoms with Crippen LogP contribution in [0.1, 0.15) is 12.6 Å². The van der Waals surface area contributed by atoms with Crippen LogP contribution in [0.25, 0.3) is 16.5 Å². The molecule has 2 N–H and O–H groups in total. The van der Waals surface area contributed by atoms with Gasteiger partial charge in [-0.05, 0) is 30.0 Å². The van der Waals surface area contributed by atoms with Crippen LogP contribution in [-0.4, -0.2) is 32.3 Å². The minimum atomic E-state index is -0.557. The normalized spacial score (nSPS) is 10.8. The standard InChI is InChI=1S/C21H18FN5O3S/c1-2-13-10-19(28)25-21(23-13)27-18(11-15(26-27)17-8-5-9-31-17)24-20(29)12-30-16-7-4-3-6-14(16)22/h3-11H,2,12H2,1H3,(H,24,29)(H,23,25,28). The molecular formula is C21H18FN5O3S. The molecule has 31 heavy (non-hydrogen) atoms. The van der Waals surface area contributed by atoms with Gasteiger partial charge in [-0.2, -0.15) is 9.78 Å². The molecule has 0 aliphatic rings. The number of amides is 1. The van der Waals surface area contributed by atoms with Crippen LogP contribution in [0.5, 0.6) is 5.75 Å².